The first-order valence-corrected chi connectivity index (χ1v) is 10.3. The maximum atomic E-state index is 11.3. The van der Waals surface area contributed by atoms with Gasteiger partial charge in [-0.3, -0.25) is 4.98 Å². The number of fused-ring (bicyclic) bond motifs is 1. The standard InChI is InChI=1S/C24H28N2O5/c1-4-29-21(24(27)28)12-16-8-10-18(11-9-16)30-14-17-13-26-22-19(6-5-7-20(22)25)23(17)31-15(2)3/h5-11,13,15,21H,4,12,14,25H2,1-3H3,(H,27,28). The summed E-state index contributed by atoms with van der Waals surface area (Å²) in [6.45, 7) is 6.34. The number of nitrogens with zero attached hydrogens (tertiary/aromatic N) is 1. The van der Waals surface area contributed by atoms with E-state index in [-0.39, 0.29) is 12.7 Å². The van der Waals surface area contributed by atoms with Crippen molar-refractivity contribution in [2.75, 3.05) is 12.3 Å². The molecule has 2 aromatic carbocycles. The van der Waals surface area contributed by atoms with Crippen LogP contribution in [-0.2, 0) is 22.6 Å². The number of hydrogen-bond acceptors (Lipinski definition) is 6. The van der Waals surface area contributed by atoms with E-state index < -0.39 is 12.1 Å². The molecular formula is C24H28N2O5. The van der Waals surface area contributed by atoms with Gasteiger partial charge in [-0.1, -0.05) is 18.2 Å². The number of ether oxygens (including phenoxy) is 3. The largest absolute Gasteiger partial charge is 0.490 e. The predicted octanol–water partition coefficient (Wildman–Crippen LogP) is 4.22. The van der Waals surface area contributed by atoms with Crippen LogP contribution in [0.15, 0.2) is 48.7 Å². The molecule has 0 saturated heterocycles. The summed E-state index contributed by atoms with van der Waals surface area (Å²) >= 11 is 0. The fourth-order valence-electron chi connectivity index (χ4n) is 3.26. The first-order chi connectivity index (χ1) is 14.9. The minimum absolute atomic E-state index is 0.0161. The number of nitrogen functional groups attached to an aromatic ring is 1. The zero-order valence-electron chi connectivity index (χ0n) is 18.0. The van der Waals surface area contributed by atoms with Gasteiger partial charge in [-0.05, 0) is 50.6 Å². The molecule has 1 aromatic heterocycles. The normalized spacial score (nSPS) is 12.1. The van der Waals surface area contributed by atoms with Crippen molar-refractivity contribution in [2.45, 2.75) is 46.0 Å². The number of rotatable bonds is 10. The molecule has 0 aliphatic carbocycles. The van der Waals surface area contributed by atoms with Crippen LogP contribution in [0, 0.1) is 0 Å². The van der Waals surface area contributed by atoms with Gasteiger partial charge in [0.2, 0.25) is 0 Å². The zero-order valence-corrected chi connectivity index (χ0v) is 18.0. The van der Waals surface area contributed by atoms with Gasteiger partial charge in [0.15, 0.2) is 6.10 Å². The zero-order chi connectivity index (χ0) is 22.4. The molecule has 3 rings (SSSR count). The molecule has 7 nitrogen and oxygen atoms in total. The summed E-state index contributed by atoms with van der Waals surface area (Å²) in [4.78, 5) is 15.8. The Morgan fingerprint density at radius 2 is 1.90 bits per heavy atom. The van der Waals surface area contributed by atoms with Crippen LogP contribution in [-0.4, -0.2) is 34.9 Å². The Hall–Kier alpha value is -3.32. The van der Waals surface area contributed by atoms with E-state index in [4.69, 9.17) is 19.9 Å². The monoisotopic (exact) mass is 424 g/mol. The molecule has 0 saturated carbocycles. The van der Waals surface area contributed by atoms with E-state index in [1.165, 1.54) is 0 Å². The molecule has 0 aliphatic heterocycles. The lowest BCUT2D eigenvalue weighted by Gasteiger charge is -2.17. The molecule has 3 N–H and O–H groups in total. The van der Waals surface area contributed by atoms with Crippen molar-refractivity contribution in [1.29, 1.82) is 0 Å². The Labute approximate surface area is 181 Å². The maximum Gasteiger partial charge on any atom is 0.333 e. The molecule has 1 heterocycles. The Balaban J connectivity index is 1.75. The van der Waals surface area contributed by atoms with Gasteiger partial charge in [0.25, 0.3) is 0 Å². The molecule has 1 atom stereocenters. The highest BCUT2D eigenvalue weighted by molar-refractivity contribution is 5.94. The lowest BCUT2D eigenvalue weighted by Crippen LogP contribution is -2.26. The van der Waals surface area contributed by atoms with E-state index in [0.717, 1.165) is 16.5 Å². The number of pyridine rings is 1. The molecular weight excluding hydrogens is 396 g/mol. The third kappa shape index (κ3) is 5.64. The van der Waals surface area contributed by atoms with E-state index in [1.54, 1.807) is 13.1 Å². The number of aliphatic carboxylic acids is 1. The molecule has 31 heavy (non-hydrogen) atoms. The molecule has 0 bridgehead atoms. The van der Waals surface area contributed by atoms with Crippen molar-refractivity contribution in [2.24, 2.45) is 0 Å². The molecule has 0 radical (unpaired) electrons. The van der Waals surface area contributed by atoms with Crippen LogP contribution in [0.2, 0.25) is 0 Å². The molecule has 164 valence electrons. The van der Waals surface area contributed by atoms with Crippen molar-refractivity contribution in [1.82, 2.24) is 4.98 Å². The fourth-order valence-corrected chi connectivity index (χ4v) is 3.26. The van der Waals surface area contributed by atoms with Gasteiger partial charge < -0.3 is 25.1 Å². The fraction of sp³-hybridized carbons (Fsp3) is 0.333. The highest BCUT2D eigenvalue weighted by Crippen LogP contribution is 2.32. The van der Waals surface area contributed by atoms with Gasteiger partial charge in [-0.25, -0.2) is 4.79 Å². The SMILES string of the molecule is CCOC(Cc1ccc(OCc2cnc3c(N)cccc3c2OC(C)C)cc1)C(=O)O. The van der Waals surface area contributed by atoms with E-state index in [9.17, 15) is 9.90 Å². The van der Waals surface area contributed by atoms with Gasteiger partial charge in [0, 0.05) is 24.6 Å². The van der Waals surface area contributed by atoms with Gasteiger partial charge >= 0.3 is 5.97 Å². The quantitative estimate of drug-likeness (QED) is 0.470. The number of hydrogen-bond donors (Lipinski definition) is 2. The number of anilines is 1. The van der Waals surface area contributed by atoms with Crippen molar-refractivity contribution in [3.63, 3.8) is 0 Å². The number of carboxylic acids is 1. The van der Waals surface area contributed by atoms with Crippen LogP contribution in [0.1, 0.15) is 31.9 Å². The molecule has 3 aromatic rings. The van der Waals surface area contributed by atoms with Gasteiger partial charge in [-0.2, -0.15) is 0 Å². The molecule has 0 spiro atoms. The van der Waals surface area contributed by atoms with E-state index in [2.05, 4.69) is 4.98 Å². The smallest absolute Gasteiger partial charge is 0.333 e. The second kappa shape index (κ2) is 10.1. The van der Waals surface area contributed by atoms with E-state index in [0.29, 0.717) is 35.7 Å². The van der Waals surface area contributed by atoms with E-state index in [1.807, 2.05) is 56.3 Å². The number of carbonyl (C=O) groups is 1. The first-order valence-electron chi connectivity index (χ1n) is 10.3. The number of nitrogens with two attached hydrogens (primary N) is 1. The third-order valence-corrected chi connectivity index (χ3v) is 4.69. The topological polar surface area (TPSA) is 104 Å². The highest BCUT2D eigenvalue weighted by atomic mass is 16.5. The summed E-state index contributed by atoms with van der Waals surface area (Å²) in [5.74, 6) is 0.407. The number of carboxylic acid groups (broad SMARTS) is 1. The Kier molecular flexibility index (Phi) is 7.31. The van der Waals surface area contributed by atoms with Gasteiger partial charge in [0.05, 0.1) is 22.9 Å². The Morgan fingerprint density at radius 1 is 1.16 bits per heavy atom. The van der Waals surface area contributed by atoms with Crippen LogP contribution in [0.25, 0.3) is 10.9 Å². The highest BCUT2D eigenvalue weighted by Gasteiger charge is 2.18. The summed E-state index contributed by atoms with van der Waals surface area (Å²) in [5, 5.41) is 10.1. The third-order valence-electron chi connectivity index (χ3n) is 4.69. The van der Waals surface area contributed by atoms with Crippen molar-refractivity contribution in [3.8, 4) is 11.5 Å². The number of aromatic nitrogens is 1. The second-order valence-corrected chi connectivity index (χ2v) is 7.44. The Bertz CT molecular complexity index is 1030. The maximum absolute atomic E-state index is 11.3. The second-order valence-electron chi connectivity index (χ2n) is 7.44. The number of benzene rings is 2. The summed E-state index contributed by atoms with van der Waals surface area (Å²) in [6.07, 6.45) is 1.15. The van der Waals surface area contributed by atoms with Crippen LogP contribution in [0.4, 0.5) is 5.69 Å². The summed E-state index contributed by atoms with van der Waals surface area (Å²) in [5.41, 5.74) is 9.04. The van der Waals surface area contributed by atoms with Crippen molar-refractivity contribution >= 4 is 22.6 Å². The molecule has 0 fully saturated rings. The van der Waals surface area contributed by atoms with Crippen molar-refractivity contribution in [3.05, 3.63) is 59.8 Å². The Morgan fingerprint density at radius 3 is 2.55 bits per heavy atom. The number of para-hydroxylation sites is 1. The summed E-state index contributed by atoms with van der Waals surface area (Å²) in [6, 6.07) is 12.9. The summed E-state index contributed by atoms with van der Waals surface area (Å²) in [7, 11) is 0. The molecule has 0 amide bonds. The first kappa shape index (κ1) is 22.4. The minimum atomic E-state index is -0.968. The lowest BCUT2D eigenvalue weighted by molar-refractivity contribution is -0.149. The van der Waals surface area contributed by atoms with Gasteiger partial charge in [0.1, 0.15) is 18.1 Å². The van der Waals surface area contributed by atoms with Crippen molar-refractivity contribution < 1.29 is 24.1 Å². The molecule has 1 unspecified atom stereocenters. The average molecular weight is 424 g/mol. The van der Waals surface area contributed by atoms with Gasteiger partial charge in [-0.15, -0.1) is 0 Å². The molecule has 7 heteroatoms. The molecule has 0 aliphatic rings. The summed E-state index contributed by atoms with van der Waals surface area (Å²) < 4.78 is 17.3. The minimum Gasteiger partial charge on any atom is -0.490 e. The predicted molar refractivity (Wildman–Crippen MR) is 119 cm³/mol. The lowest BCUT2D eigenvalue weighted by atomic mass is 10.1. The average Bonchev–Trinajstić information content (AvgIpc) is 2.74. The van der Waals surface area contributed by atoms with Crippen LogP contribution >= 0.6 is 0 Å². The van der Waals surface area contributed by atoms with E-state index >= 15 is 0 Å². The van der Waals surface area contributed by atoms with Crippen LogP contribution < -0.4 is 15.2 Å². The van der Waals surface area contributed by atoms with Crippen LogP contribution in [0.3, 0.4) is 0 Å². The van der Waals surface area contributed by atoms with Crippen LogP contribution in [0.5, 0.6) is 11.5 Å².